The first-order chi connectivity index (χ1) is 15.8. The van der Waals surface area contributed by atoms with Crippen LogP contribution in [0.2, 0.25) is 0 Å². The fourth-order valence-electron chi connectivity index (χ4n) is 4.40. The van der Waals surface area contributed by atoms with E-state index in [-0.39, 0.29) is 11.3 Å². The molecule has 1 aliphatic rings. The number of hydrogen-bond acceptors (Lipinski definition) is 4. The summed E-state index contributed by atoms with van der Waals surface area (Å²) in [6, 6.07) is 15.6. The zero-order valence-corrected chi connectivity index (χ0v) is 20.9. The topological polar surface area (TPSA) is 50.7 Å². The fourth-order valence-corrected chi connectivity index (χ4v) is 5.67. The van der Waals surface area contributed by atoms with Crippen molar-refractivity contribution in [3.05, 3.63) is 75.7 Å². The summed E-state index contributed by atoms with van der Waals surface area (Å²) in [5.74, 6) is 1.35. The number of anilines is 1. The molecule has 172 valence electrons. The van der Waals surface area contributed by atoms with Crippen molar-refractivity contribution in [2.24, 2.45) is 16.3 Å². The Hall–Kier alpha value is -2.92. The van der Waals surface area contributed by atoms with Gasteiger partial charge in [-0.15, -0.1) is 11.3 Å². The number of amides is 1. The summed E-state index contributed by atoms with van der Waals surface area (Å²) >= 11 is 1.67. The average molecular weight is 461 g/mol. The zero-order valence-electron chi connectivity index (χ0n) is 20.1. The number of carbonyl (C=O) groups excluding carboxylic acids is 1. The van der Waals surface area contributed by atoms with Crippen LogP contribution in [0, 0.1) is 18.3 Å². The second kappa shape index (κ2) is 9.52. The minimum Gasteiger partial charge on any atom is -0.497 e. The van der Waals surface area contributed by atoms with Crippen LogP contribution in [0.25, 0.3) is 0 Å². The Morgan fingerprint density at radius 1 is 1.18 bits per heavy atom. The van der Waals surface area contributed by atoms with Gasteiger partial charge in [0.15, 0.2) is 0 Å². The van der Waals surface area contributed by atoms with Crippen molar-refractivity contribution in [1.82, 2.24) is 0 Å². The first-order valence-corrected chi connectivity index (χ1v) is 12.3. The normalized spacial score (nSPS) is 16.0. The maximum atomic E-state index is 13.4. The molecule has 0 bridgehead atoms. The van der Waals surface area contributed by atoms with Crippen LogP contribution >= 0.6 is 11.3 Å². The Bertz CT molecular complexity index is 1170. The summed E-state index contributed by atoms with van der Waals surface area (Å²) in [5, 5.41) is 3.87. The van der Waals surface area contributed by atoms with Gasteiger partial charge in [-0.25, -0.2) is 4.99 Å². The number of ether oxygens (including phenoxy) is 1. The maximum Gasteiger partial charge on any atom is 0.259 e. The van der Waals surface area contributed by atoms with Crippen LogP contribution in [-0.4, -0.2) is 19.2 Å². The van der Waals surface area contributed by atoms with Crippen LogP contribution in [0.3, 0.4) is 0 Å². The van der Waals surface area contributed by atoms with Crippen molar-refractivity contribution in [2.45, 2.75) is 47.0 Å². The number of rotatable bonds is 5. The maximum absolute atomic E-state index is 13.4. The summed E-state index contributed by atoms with van der Waals surface area (Å²) in [5.41, 5.74) is 5.05. The third-order valence-electron chi connectivity index (χ3n) is 6.53. The van der Waals surface area contributed by atoms with Crippen molar-refractivity contribution in [2.75, 3.05) is 12.4 Å². The van der Waals surface area contributed by atoms with Gasteiger partial charge >= 0.3 is 0 Å². The smallest absolute Gasteiger partial charge is 0.259 e. The van der Waals surface area contributed by atoms with Gasteiger partial charge in [-0.2, -0.15) is 0 Å². The molecule has 3 aromatic rings. The number of methoxy groups -OCH3 is 1. The molecule has 1 amide bonds. The molecule has 1 aliphatic carbocycles. The van der Waals surface area contributed by atoms with Gasteiger partial charge in [-0.05, 0) is 84.5 Å². The highest BCUT2D eigenvalue weighted by atomic mass is 32.1. The van der Waals surface area contributed by atoms with E-state index in [4.69, 9.17) is 9.73 Å². The number of benzene rings is 2. The molecule has 1 aromatic heterocycles. The molecule has 1 N–H and O–H groups in total. The number of para-hydroxylation sites is 1. The molecule has 1 heterocycles. The van der Waals surface area contributed by atoms with E-state index in [1.54, 1.807) is 18.4 Å². The van der Waals surface area contributed by atoms with Gasteiger partial charge < -0.3 is 10.1 Å². The van der Waals surface area contributed by atoms with E-state index < -0.39 is 0 Å². The van der Waals surface area contributed by atoms with E-state index in [1.807, 2.05) is 61.7 Å². The number of fused-ring (bicyclic) bond motifs is 1. The molecular formula is C28H32N2O2S. The third-order valence-corrected chi connectivity index (χ3v) is 7.69. The molecule has 0 aliphatic heterocycles. The van der Waals surface area contributed by atoms with Gasteiger partial charge in [-0.3, -0.25) is 4.79 Å². The Morgan fingerprint density at radius 2 is 1.94 bits per heavy atom. The zero-order chi connectivity index (χ0) is 23.6. The molecule has 1 atom stereocenters. The van der Waals surface area contributed by atoms with Crippen molar-refractivity contribution in [3.8, 4) is 5.75 Å². The van der Waals surface area contributed by atoms with Gasteiger partial charge in [0.2, 0.25) is 0 Å². The molecule has 0 spiro atoms. The lowest BCUT2D eigenvalue weighted by molar-refractivity contribution is 0.102. The lowest BCUT2D eigenvalue weighted by Crippen LogP contribution is -2.27. The average Bonchev–Trinajstić information content (AvgIpc) is 3.16. The van der Waals surface area contributed by atoms with Crippen LogP contribution in [0.15, 0.2) is 53.5 Å². The molecule has 0 saturated heterocycles. The molecule has 0 radical (unpaired) electrons. The second-order valence-corrected chi connectivity index (χ2v) is 10.9. The molecule has 5 heteroatoms. The molecular weight excluding hydrogens is 428 g/mol. The molecule has 0 saturated carbocycles. The first kappa shape index (κ1) is 23.2. The van der Waals surface area contributed by atoms with E-state index in [2.05, 4.69) is 26.1 Å². The van der Waals surface area contributed by atoms with Crippen LogP contribution in [0.1, 0.15) is 59.1 Å². The van der Waals surface area contributed by atoms with Gasteiger partial charge in [0.05, 0.1) is 12.7 Å². The number of nitrogens with zero attached hydrogens (tertiary/aromatic N) is 1. The largest absolute Gasteiger partial charge is 0.497 e. The predicted octanol–water partition coefficient (Wildman–Crippen LogP) is 7.22. The van der Waals surface area contributed by atoms with E-state index in [0.717, 1.165) is 52.4 Å². The Kier molecular flexibility index (Phi) is 6.71. The first-order valence-electron chi connectivity index (χ1n) is 11.5. The van der Waals surface area contributed by atoms with Crippen molar-refractivity contribution in [3.63, 3.8) is 0 Å². The monoisotopic (exact) mass is 460 g/mol. The summed E-state index contributed by atoms with van der Waals surface area (Å²) < 4.78 is 5.32. The summed E-state index contributed by atoms with van der Waals surface area (Å²) in [7, 11) is 1.67. The standard InChI is InChI=1S/C28H32N2O2S/c1-18-15-22(32-5)13-11-19(18)17-29-27-25(26(31)30-21-9-7-6-8-10-21)23-14-12-20(28(2,3)4)16-24(23)33-27/h6-11,13,15,17,20H,12,14,16H2,1-5H3,(H,30,31)/t20-/m1/s1. The number of aliphatic imine (C=N–C) groups is 1. The lowest BCUT2D eigenvalue weighted by Gasteiger charge is -2.33. The van der Waals surface area contributed by atoms with Crippen LogP contribution in [0.5, 0.6) is 5.75 Å². The lowest BCUT2D eigenvalue weighted by atomic mass is 9.72. The summed E-state index contributed by atoms with van der Waals surface area (Å²) in [6.07, 6.45) is 4.89. The molecule has 2 aromatic carbocycles. The van der Waals surface area contributed by atoms with Crippen LogP contribution in [0.4, 0.5) is 10.7 Å². The second-order valence-electron chi connectivity index (χ2n) is 9.79. The number of thiophene rings is 1. The van der Waals surface area contributed by atoms with E-state index in [9.17, 15) is 4.79 Å². The molecule has 0 fully saturated rings. The predicted molar refractivity (Wildman–Crippen MR) is 139 cm³/mol. The fraction of sp³-hybridized carbons (Fsp3) is 0.357. The SMILES string of the molecule is COc1ccc(C=Nc2sc3c(c2C(=O)Nc2ccccc2)CC[C@@H](C(C)(C)C)C3)c(C)c1. The van der Waals surface area contributed by atoms with Crippen LogP contribution < -0.4 is 10.1 Å². The number of aryl methyl sites for hydroxylation is 1. The highest BCUT2D eigenvalue weighted by Gasteiger charge is 2.33. The Balaban J connectivity index is 1.71. The molecule has 4 rings (SSSR count). The number of nitrogens with one attached hydrogen (secondary N) is 1. The van der Waals surface area contributed by atoms with Gasteiger partial charge in [0.25, 0.3) is 5.91 Å². The third kappa shape index (κ3) is 5.19. The van der Waals surface area contributed by atoms with E-state index in [0.29, 0.717) is 5.92 Å². The molecule has 33 heavy (non-hydrogen) atoms. The summed E-state index contributed by atoms with van der Waals surface area (Å²) in [4.78, 5) is 19.6. The Morgan fingerprint density at radius 3 is 2.61 bits per heavy atom. The highest BCUT2D eigenvalue weighted by molar-refractivity contribution is 7.16. The van der Waals surface area contributed by atoms with Gasteiger partial charge in [0, 0.05) is 16.8 Å². The van der Waals surface area contributed by atoms with Crippen LogP contribution in [-0.2, 0) is 12.8 Å². The Labute approximate surface area is 200 Å². The minimum absolute atomic E-state index is 0.0773. The van der Waals surface area contributed by atoms with Gasteiger partial charge in [0.1, 0.15) is 10.8 Å². The van der Waals surface area contributed by atoms with Crippen molar-refractivity contribution in [1.29, 1.82) is 0 Å². The number of hydrogen-bond donors (Lipinski definition) is 1. The molecule has 0 unspecified atom stereocenters. The van der Waals surface area contributed by atoms with E-state index in [1.165, 1.54) is 10.4 Å². The highest BCUT2D eigenvalue weighted by Crippen LogP contribution is 2.45. The van der Waals surface area contributed by atoms with E-state index >= 15 is 0 Å². The summed E-state index contributed by atoms with van der Waals surface area (Å²) in [6.45, 7) is 8.97. The molecule has 4 nitrogen and oxygen atoms in total. The van der Waals surface area contributed by atoms with Gasteiger partial charge in [-0.1, -0.05) is 39.0 Å². The minimum atomic E-state index is -0.0773. The number of carbonyl (C=O) groups is 1. The van der Waals surface area contributed by atoms with Crippen molar-refractivity contribution >= 4 is 34.1 Å². The quantitative estimate of drug-likeness (QED) is 0.409. The van der Waals surface area contributed by atoms with Crippen molar-refractivity contribution < 1.29 is 9.53 Å².